The minimum absolute atomic E-state index is 0.276. The summed E-state index contributed by atoms with van der Waals surface area (Å²) in [5, 5.41) is 0. The van der Waals surface area contributed by atoms with Crippen LogP contribution in [0.15, 0.2) is 41.8 Å². The van der Waals surface area contributed by atoms with E-state index in [9.17, 15) is 8.42 Å². The van der Waals surface area contributed by atoms with Gasteiger partial charge < -0.3 is 4.74 Å². The number of nitrogens with one attached hydrogen (secondary N) is 1. The van der Waals surface area contributed by atoms with Gasteiger partial charge in [0.05, 0.1) is 12.0 Å². The van der Waals surface area contributed by atoms with E-state index in [0.717, 1.165) is 19.5 Å². The molecule has 0 saturated carbocycles. The number of rotatable bonds is 6. The second-order valence-electron chi connectivity index (χ2n) is 6.36. The number of fused-ring (bicyclic) bond motifs is 3. The van der Waals surface area contributed by atoms with E-state index in [2.05, 4.69) is 22.3 Å². The van der Waals surface area contributed by atoms with Gasteiger partial charge in [-0.3, -0.25) is 4.90 Å². The first-order valence-electron chi connectivity index (χ1n) is 8.04. The van der Waals surface area contributed by atoms with Crippen molar-refractivity contribution in [3.63, 3.8) is 0 Å². The number of hydrogen-bond donors (Lipinski definition) is 1. The van der Waals surface area contributed by atoms with Crippen LogP contribution in [0.5, 0.6) is 5.75 Å². The van der Waals surface area contributed by atoms with Gasteiger partial charge in [0.1, 0.15) is 5.75 Å². The van der Waals surface area contributed by atoms with Gasteiger partial charge in [-0.05, 0) is 55.5 Å². The van der Waals surface area contributed by atoms with Crippen LogP contribution in [0.4, 0.5) is 0 Å². The van der Waals surface area contributed by atoms with E-state index in [1.807, 2.05) is 0 Å². The van der Waals surface area contributed by atoms with Gasteiger partial charge >= 0.3 is 0 Å². The summed E-state index contributed by atoms with van der Waals surface area (Å²) in [7, 11) is -1.91. The number of methoxy groups -OCH3 is 1. The molecule has 23 heavy (non-hydrogen) atoms. The fourth-order valence-corrected chi connectivity index (χ4v) is 4.78. The third-order valence-corrected chi connectivity index (χ3v) is 6.55. The van der Waals surface area contributed by atoms with Crippen LogP contribution >= 0.6 is 0 Å². The van der Waals surface area contributed by atoms with E-state index in [1.165, 1.54) is 6.42 Å². The van der Waals surface area contributed by atoms with Crippen molar-refractivity contribution in [2.45, 2.75) is 23.8 Å². The summed E-state index contributed by atoms with van der Waals surface area (Å²) in [6.07, 6.45) is 4.29. The van der Waals surface area contributed by atoms with Crippen LogP contribution in [-0.4, -0.2) is 46.1 Å². The first kappa shape index (κ1) is 16.5. The van der Waals surface area contributed by atoms with Crippen molar-refractivity contribution in [3.05, 3.63) is 36.9 Å². The normalized spacial score (nSPS) is 30.1. The molecule has 1 unspecified atom stereocenters. The fourth-order valence-electron chi connectivity index (χ4n) is 3.70. The van der Waals surface area contributed by atoms with Crippen LogP contribution in [0.1, 0.15) is 12.8 Å². The van der Waals surface area contributed by atoms with Gasteiger partial charge in [0.15, 0.2) is 0 Å². The molecule has 3 saturated heterocycles. The first-order chi connectivity index (χ1) is 11.0. The van der Waals surface area contributed by atoms with Gasteiger partial charge in [0.25, 0.3) is 0 Å². The molecule has 4 rings (SSSR count). The molecule has 3 heterocycles. The molecule has 4 atom stereocenters. The fraction of sp³-hybridized carbons (Fsp3) is 0.529. The molecule has 1 aromatic carbocycles. The van der Waals surface area contributed by atoms with Crippen molar-refractivity contribution in [1.82, 2.24) is 9.62 Å². The number of hydrogen-bond acceptors (Lipinski definition) is 4. The second-order valence-corrected chi connectivity index (χ2v) is 8.13. The Hall–Kier alpha value is -1.37. The predicted octanol–water partition coefficient (Wildman–Crippen LogP) is 1.87. The number of benzene rings is 1. The average molecular weight is 336 g/mol. The Morgan fingerprint density at radius 1 is 1.39 bits per heavy atom. The second kappa shape index (κ2) is 6.63. The van der Waals surface area contributed by atoms with Crippen molar-refractivity contribution in [1.29, 1.82) is 0 Å². The Bertz CT molecular complexity index is 657. The number of ether oxygens (including phenoxy) is 1. The Kier molecular flexibility index (Phi) is 4.75. The maximum absolute atomic E-state index is 12.4. The molecular weight excluding hydrogens is 312 g/mol. The van der Waals surface area contributed by atoms with E-state index in [4.69, 9.17) is 4.74 Å². The lowest BCUT2D eigenvalue weighted by atomic mass is 9.76. The number of nitrogens with zero attached hydrogens (tertiary/aromatic N) is 1. The first-order valence-corrected chi connectivity index (χ1v) is 9.52. The highest BCUT2D eigenvalue weighted by atomic mass is 32.2. The van der Waals surface area contributed by atoms with Crippen molar-refractivity contribution >= 4 is 10.0 Å². The van der Waals surface area contributed by atoms with Crippen LogP contribution in [0.25, 0.3) is 0 Å². The summed E-state index contributed by atoms with van der Waals surface area (Å²) < 4.78 is 32.7. The molecule has 0 aliphatic carbocycles. The van der Waals surface area contributed by atoms with E-state index in [0.29, 0.717) is 24.1 Å². The molecule has 2 bridgehead atoms. The van der Waals surface area contributed by atoms with Crippen LogP contribution in [0.2, 0.25) is 0 Å². The molecule has 3 aliphatic rings. The summed E-state index contributed by atoms with van der Waals surface area (Å²) in [4.78, 5) is 2.67. The van der Waals surface area contributed by atoms with Crippen molar-refractivity contribution < 1.29 is 13.2 Å². The molecule has 3 aliphatic heterocycles. The summed E-state index contributed by atoms with van der Waals surface area (Å²) >= 11 is 0. The van der Waals surface area contributed by atoms with Gasteiger partial charge in [-0.1, -0.05) is 6.08 Å². The maximum Gasteiger partial charge on any atom is 0.240 e. The van der Waals surface area contributed by atoms with Crippen LogP contribution in [0.3, 0.4) is 0 Å². The minimum atomic E-state index is -3.47. The average Bonchev–Trinajstić information content (AvgIpc) is 2.60. The zero-order chi connectivity index (χ0) is 16.4. The van der Waals surface area contributed by atoms with Gasteiger partial charge in [-0.25, -0.2) is 13.1 Å². The van der Waals surface area contributed by atoms with E-state index in [-0.39, 0.29) is 10.9 Å². The Morgan fingerprint density at radius 2 is 2.13 bits per heavy atom. The summed E-state index contributed by atoms with van der Waals surface area (Å²) in [5.41, 5.74) is 0. The Labute approximate surface area is 138 Å². The smallest absolute Gasteiger partial charge is 0.240 e. The summed E-state index contributed by atoms with van der Waals surface area (Å²) in [5.74, 6) is 1.85. The predicted molar refractivity (Wildman–Crippen MR) is 90.0 cm³/mol. The molecule has 126 valence electrons. The highest BCUT2D eigenvalue weighted by Gasteiger charge is 2.38. The summed E-state index contributed by atoms with van der Waals surface area (Å²) in [6.45, 7) is 6.45. The Balaban J connectivity index is 1.62. The highest BCUT2D eigenvalue weighted by molar-refractivity contribution is 7.89. The van der Waals surface area contributed by atoms with Gasteiger partial charge in [0.2, 0.25) is 10.0 Å². The van der Waals surface area contributed by atoms with Gasteiger partial charge in [0, 0.05) is 19.1 Å². The molecule has 3 fully saturated rings. The molecule has 0 amide bonds. The van der Waals surface area contributed by atoms with Crippen molar-refractivity contribution in [2.75, 3.05) is 26.7 Å². The summed E-state index contributed by atoms with van der Waals surface area (Å²) in [6, 6.07) is 6.76. The van der Waals surface area contributed by atoms with Gasteiger partial charge in [-0.2, -0.15) is 0 Å². The standard InChI is InChI=1S/C17H24N2O3S/c1-3-13-12-19-9-8-14(13)10-15(19)11-18-23(20,21)17-6-4-16(22-2)5-7-17/h3-7,13-15,18H,1,8-12H2,2H3/t13-,14+,15+/m0/s1. The minimum Gasteiger partial charge on any atom is -0.497 e. The molecule has 1 N–H and O–H groups in total. The zero-order valence-electron chi connectivity index (χ0n) is 13.4. The quantitative estimate of drug-likeness (QED) is 0.806. The van der Waals surface area contributed by atoms with Crippen molar-refractivity contribution in [2.24, 2.45) is 11.8 Å². The molecule has 5 nitrogen and oxygen atoms in total. The van der Waals surface area contributed by atoms with E-state index in [1.54, 1.807) is 31.4 Å². The molecule has 6 heteroatoms. The van der Waals surface area contributed by atoms with E-state index >= 15 is 0 Å². The molecule has 0 spiro atoms. The monoisotopic (exact) mass is 336 g/mol. The third kappa shape index (κ3) is 3.44. The largest absolute Gasteiger partial charge is 0.497 e. The number of piperidine rings is 3. The van der Waals surface area contributed by atoms with E-state index < -0.39 is 10.0 Å². The van der Waals surface area contributed by atoms with Crippen LogP contribution in [0, 0.1) is 11.8 Å². The van der Waals surface area contributed by atoms with Crippen LogP contribution < -0.4 is 9.46 Å². The molecule has 1 aromatic rings. The van der Waals surface area contributed by atoms with Crippen LogP contribution in [-0.2, 0) is 10.0 Å². The van der Waals surface area contributed by atoms with Gasteiger partial charge in [-0.15, -0.1) is 6.58 Å². The lowest BCUT2D eigenvalue weighted by molar-refractivity contribution is 0.0218. The lowest BCUT2D eigenvalue weighted by Crippen LogP contribution is -2.56. The highest BCUT2D eigenvalue weighted by Crippen LogP contribution is 2.36. The SMILES string of the molecule is C=C[C@H]1CN2CC[C@@H]1C[C@@H]2CNS(=O)(=O)c1ccc(OC)cc1. The zero-order valence-corrected chi connectivity index (χ0v) is 14.3. The molecular formula is C17H24N2O3S. The lowest BCUT2D eigenvalue weighted by Gasteiger charge is -2.49. The maximum atomic E-state index is 12.4. The topological polar surface area (TPSA) is 58.6 Å². The number of sulfonamides is 1. The molecule has 0 radical (unpaired) electrons. The Morgan fingerprint density at radius 3 is 2.70 bits per heavy atom. The molecule has 0 aromatic heterocycles. The third-order valence-electron chi connectivity index (χ3n) is 5.11. The van der Waals surface area contributed by atoms with Crippen molar-refractivity contribution in [3.8, 4) is 5.75 Å².